The zero-order valence-corrected chi connectivity index (χ0v) is 11.9. The summed E-state index contributed by atoms with van der Waals surface area (Å²) in [7, 11) is 0. The lowest BCUT2D eigenvalue weighted by Crippen LogP contribution is -2.39. The Morgan fingerprint density at radius 1 is 1.33 bits per heavy atom. The molecule has 2 rings (SSSR count). The van der Waals surface area contributed by atoms with Crippen molar-refractivity contribution >= 4 is 11.6 Å². The number of rotatable bonds is 5. The molecule has 1 aliphatic carbocycles. The topological polar surface area (TPSA) is 29.3 Å². The summed E-state index contributed by atoms with van der Waals surface area (Å²) >= 11 is 6.25. The predicted octanol–water partition coefficient (Wildman–Crippen LogP) is 3.29. The van der Waals surface area contributed by atoms with Gasteiger partial charge in [0.05, 0.1) is 0 Å². The van der Waals surface area contributed by atoms with E-state index in [1.54, 1.807) is 0 Å². The molecule has 1 aromatic carbocycles. The van der Waals surface area contributed by atoms with Crippen molar-refractivity contribution < 1.29 is 0 Å². The highest BCUT2D eigenvalue weighted by Crippen LogP contribution is 2.30. The summed E-state index contributed by atoms with van der Waals surface area (Å²) in [4.78, 5) is 2.53. The Morgan fingerprint density at radius 3 is 2.78 bits per heavy atom. The van der Waals surface area contributed by atoms with Crippen LogP contribution in [-0.4, -0.2) is 24.0 Å². The summed E-state index contributed by atoms with van der Waals surface area (Å²) in [6.07, 6.45) is 3.87. The fraction of sp³-hybridized carbons (Fsp3) is 0.600. The molecule has 1 saturated carbocycles. The molecule has 0 spiro atoms. The fourth-order valence-corrected chi connectivity index (χ4v) is 3.28. The molecule has 1 aromatic rings. The highest BCUT2D eigenvalue weighted by molar-refractivity contribution is 6.31. The lowest BCUT2D eigenvalue weighted by Gasteiger charge is -2.32. The van der Waals surface area contributed by atoms with Crippen LogP contribution in [0.4, 0.5) is 0 Å². The van der Waals surface area contributed by atoms with Gasteiger partial charge in [0.25, 0.3) is 0 Å². The Balaban J connectivity index is 2.07. The minimum Gasteiger partial charge on any atom is -0.330 e. The first-order chi connectivity index (χ1) is 8.76. The maximum Gasteiger partial charge on any atom is 0.0451 e. The Labute approximate surface area is 115 Å². The van der Waals surface area contributed by atoms with E-state index in [1.807, 2.05) is 12.1 Å². The van der Waals surface area contributed by atoms with Gasteiger partial charge in [0, 0.05) is 17.6 Å². The molecule has 0 aromatic heterocycles. The number of benzene rings is 1. The second-order valence-electron chi connectivity index (χ2n) is 5.15. The van der Waals surface area contributed by atoms with Gasteiger partial charge in [0.1, 0.15) is 0 Å². The molecular formula is C15H23ClN2. The molecule has 100 valence electrons. The van der Waals surface area contributed by atoms with Crippen LogP contribution in [0.3, 0.4) is 0 Å². The van der Waals surface area contributed by atoms with Crippen molar-refractivity contribution in [2.45, 2.75) is 38.8 Å². The van der Waals surface area contributed by atoms with Gasteiger partial charge in [-0.1, -0.05) is 43.1 Å². The van der Waals surface area contributed by atoms with E-state index >= 15 is 0 Å². The SMILES string of the molecule is CCN(Cc1ccccc1Cl)C1CCCC1CN. The molecular weight excluding hydrogens is 244 g/mol. The van der Waals surface area contributed by atoms with Crippen LogP contribution in [0.25, 0.3) is 0 Å². The van der Waals surface area contributed by atoms with Gasteiger partial charge in [-0.3, -0.25) is 4.90 Å². The van der Waals surface area contributed by atoms with Crippen molar-refractivity contribution in [3.8, 4) is 0 Å². The first-order valence-electron chi connectivity index (χ1n) is 6.93. The van der Waals surface area contributed by atoms with Crippen LogP contribution in [0.2, 0.25) is 5.02 Å². The quantitative estimate of drug-likeness (QED) is 0.886. The van der Waals surface area contributed by atoms with Gasteiger partial charge < -0.3 is 5.73 Å². The Bertz CT molecular complexity index is 381. The van der Waals surface area contributed by atoms with E-state index < -0.39 is 0 Å². The summed E-state index contributed by atoms with van der Waals surface area (Å²) in [6.45, 7) is 5.04. The summed E-state index contributed by atoms with van der Waals surface area (Å²) in [5.74, 6) is 0.660. The second-order valence-corrected chi connectivity index (χ2v) is 5.56. The van der Waals surface area contributed by atoms with Crippen LogP contribution in [-0.2, 0) is 6.54 Å². The fourth-order valence-electron chi connectivity index (χ4n) is 3.08. The molecule has 3 heteroatoms. The smallest absolute Gasteiger partial charge is 0.0451 e. The van der Waals surface area contributed by atoms with Gasteiger partial charge in [-0.25, -0.2) is 0 Å². The number of hydrogen-bond donors (Lipinski definition) is 1. The van der Waals surface area contributed by atoms with Crippen molar-refractivity contribution in [2.24, 2.45) is 11.7 Å². The maximum absolute atomic E-state index is 6.25. The average molecular weight is 267 g/mol. The average Bonchev–Trinajstić information content (AvgIpc) is 2.86. The summed E-state index contributed by atoms with van der Waals surface area (Å²) in [5, 5.41) is 0.873. The van der Waals surface area contributed by atoms with E-state index in [0.717, 1.165) is 24.7 Å². The van der Waals surface area contributed by atoms with Crippen molar-refractivity contribution in [2.75, 3.05) is 13.1 Å². The van der Waals surface area contributed by atoms with Crippen molar-refractivity contribution in [1.29, 1.82) is 0 Å². The molecule has 1 aliphatic rings. The van der Waals surface area contributed by atoms with E-state index in [1.165, 1.54) is 24.8 Å². The van der Waals surface area contributed by atoms with Crippen molar-refractivity contribution in [1.82, 2.24) is 4.90 Å². The monoisotopic (exact) mass is 266 g/mol. The highest BCUT2D eigenvalue weighted by atomic mass is 35.5. The van der Waals surface area contributed by atoms with E-state index in [-0.39, 0.29) is 0 Å². The van der Waals surface area contributed by atoms with Gasteiger partial charge in [-0.05, 0) is 43.5 Å². The van der Waals surface area contributed by atoms with Crippen LogP contribution in [0, 0.1) is 5.92 Å². The highest BCUT2D eigenvalue weighted by Gasteiger charge is 2.30. The zero-order chi connectivity index (χ0) is 13.0. The van der Waals surface area contributed by atoms with Crippen LogP contribution < -0.4 is 5.73 Å². The largest absolute Gasteiger partial charge is 0.330 e. The van der Waals surface area contributed by atoms with Crippen LogP contribution in [0.1, 0.15) is 31.7 Å². The first-order valence-corrected chi connectivity index (χ1v) is 7.31. The molecule has 0 amide bonds. The van der Waals surface area contributed by atoms with Crippen LogP contribution in [0.5, 0.6) is 0 Å². The lowest BCUT2D eigenvalue weighted by molar-refractivity contribution is 0.162. The number of hydrogen-bond acceptors (Lipinski definition) is 2. The van der Waals surface area contributed by atoms with Crippen molar-refractivity contribution in [3.05, 3.63) is 34.9 Å². The third kappa shape index (κ3) is 3.05. The van der Waals surface area contributed by atoms with Crippen molar-refractivity contribution in [3.63, 3.8) is 0 Å². The molecule has 1 fully saturated rings. The molecule has 18 heavy (non-hydrogen) atoms. The number of nitrogens with two attached hydrogens (primary N) is 1. The standard InChI is InChI=1S/C15H23ClN2/c1-2-18(15-9-5-7-12(15)10-17)11-13-6-3-4-8-14(13)16/h3-4,6,8,12,15H,2,5,7,9-11,17H2,1H3. The molecule has 0 heterocycles. The zero-order valence-electron chi connectivity index (χ0n) is 11.1. The number of halogens is 1. The normalized spacial score (nSPS) is 23.8. The molecule has 2 N–H and O–H groups in total. The number of nitrogens with zero attached hydrogens (tertiary/aromatic N) is 1. The molecule has 0 bridgehead atoms. The van der Waals surface area contributed by atoms with Gasteiger partial charge in [-0.2, -0.15) is 0 Å². The third-order valence-corrected chi connectivity index (χ3v) is 4.50. The van der Waals surface area contributed by atoms with E-state index in [0.29, 0.717) is 12.0 Å². The Hall–Kier alpha value is -0.570. The molecule has 0 aliphatic heterocycles. The van der Waals surface area contributed by atoms with E-state index in [2.05, 4.69) is 24.0 Å². The van der Waals surface area contributed by atoms with Crippen LogP contribution >= 0.6 is 11.6 Å². The van der Waals surface area contributed by atoms with E-state index in [4.69, 9.17) is 17.3 Å². The molecule has 0 saturated heterocycles. The Kier molecular flexibility index (Phi) is 5.04. The van der Waals surface area contributed by atoms with Gasteiger partial charge >= 0.3 is 0 Å². The molecule has 2 nitrogen and oxygen atoms in total. The van der Waals surface area contributed by atoms with Gasteiger partial charge in [-0.15, -0.1) is 0 Å². The minimum absolute atomic E-state index is 0.635. The maximum atomic E-state index is 6.25. The minimum atomic E-state index is 0.635. The van der Waals surface area contributed by atoms with Gasteiger partial charge in [0.2, 0.25) is 0 Å². The molecule has 2 unspecified atom stereocenters. The Morgan fingerprint density at radius 2 is 2.11 bits per heavy atom. The summed E-state index contributed by atoms with van der Waals surface area (Å²) in [5.41, 5.74) is 7.11. The first kappa shape index (κ1) is 13.9. The van der Waals surface area contributed by atoms with Gasteiger partial charge in [0.15, 0.2) is 0 Å². The predicted molar refractivity (Wildman–Crippen MR) is 77.7 cm³/mol. The molecule has 2 atom stereocenters. The summed E-state index contributed by atoms with van der Waals surface area (Å²) < 4.78 is 0. The third-order valence-electron chi connectivity index (χ3n) is 4.13. The second kappa shape index (κ2) is 6.55. The summed E-state index contributed by atoms with van der Waals surface area (Å²) in [6, 6.07) is 8.78. The lowest BCUT2D eigenvalue weighted by atomic mass is 10.0. The molecule has 0 radical (unpaired) electrons. The van der Waals surface area contributed by atoms with E-state index in [9.17, 15) is 0 Å². The van der Waals surface area contributed by atoms with Crippen LogP contribution in [0.15, 0.2) is 24.3 Å².